The smallest absolute Gasteiger partial charge is 0.213 e. The Kier molecular flexibility index (Phi) is 9.88. The summed E-state index contributed by atoms with van der Waals surface area (Å²) in [5.74, 6) is 1.27. The highest BCUT2D eigenvalue weighted by molar-refractivity contribution is 14.0. The summed E-state index contributed by atoms with van der Waals surface area (Å²) in [6.45, 7) is 3.69. The van der Waals surface area contributed by atoms with Gasteiger partial charge < -0.3 is 10.2 Å². The summed E-state index contributed by atoms with van der Waals surface area (Å²) in [4.78, 5) is 6.22. The molecule has 0 aliphatic heterocycles. The van der Waals surface area contributed by atoms with Crippen molar-refractivity contribution in [2.24, 2.45) is 10.9 Å². The quantitative estimate of drug-likeness (QED) is 0.331. The van der Waals surface area contributed by atoms with Crippen LogP contribution in [0, 0.1) is 12.8 Å². The maximum atomic E-state index is 12.0. The van der Waals surface area contributed by atoms with Gasteiger partial charge in [-0.05, 0) is 31.2 Å². The van der Waals surface area contributed by atoms with Gasteiger partial charge in [0.15, 0.2) is 5.96 Å². The second-order valence-electron chi connectivity index (χ2n) is 6.78. The summed E-state index contributed by atoms with van der Waals surface area (Å²) in [6.07, 6.45) is 3.49. The molecule has 1 saturated carbocycles. The van der Waals surface area contributed by atoms with E-state index in [2.05, 4.69) is 46.2 Å². The topological polar surface area (TPSA) is 73.8 Å². The van der Waals surface area contributed by atoms with Gasteiger partial charge in [0.2, 0.25) is 10.0 Å². The molecule has 1 aliphatic rings. The maximum absolute atomic E-state index is 12.0. The van der Waals surface area contributed by atoms with Crippen LogP contribution in [0.4, 0.5) is 0 Å². The molecule has 0 bridgehead atoms. The zero-order valence-electron chi connectivity index (χ0n) is 15.9. The van der Waals surface area contributed by atoms with E-state index in [-0.39, 0.29) is 29.7 Å². The van der Waals surface area contributed by atoms with Crippen molar-refractivity contribution in [3.8, 4) is 0 Å². The van der Waals surface area contributed by atoms with Gasteiger partial charge in [-0.15, -0.1) is 24.0 Å². The number of nitrogens with one attached hydrogen (secondary N) is 2. The first-order valence-electron chi connectivity index (χ1n) is 8.84. The molecule has 0 amide bonds. The van der Waals surface area contributed by atoms with Crippen LogP contribution in [0.5, 0.6) is 0 Å². The van der Waals surface area contributed by atoms with Crippen molar-refractivity contribution in [2.45, 2.75) is 32.7 Å². The van der Waals surface area contributed by atoms with Crippen molar-refractivity contribution in [1.82, 2.24) is 14.9 Å². The van der Waals surface area contributed by atoms with Crippen molar-refractivity contribution in [3.63, 3.8) is 0 Å². The number of nitrogens with zero attached hydrogens (tertiary/aromatic N) is 2. The molecule has 6 nitrogen and oxygen atoms in total. The molecule has 1 aromatic carbocycles. The van der Waals surface area contributed by atoms with Gasteiger partial charge in [0, 0.05) is 33.7 Å². The molecule has 2 rings (SSSR count). The lowest BCUT2D eigenvalue weighted by Crippen LogP contribution is -2.42. The molecule has 0 unspecified atom stereocenters. The van der Waals surface area contributed by atoms with E-state index in [1.165, 1.54) is 17.5 Å². The number of hydrogen-bond acceptors (Lipinski definition) is 3. The average molecular weight is 494 g/mol. The molecule has 0 heterocycles. The minimum atomic E-state index is -3.23. The Hall–Kier alpha value is -0.870. The third-order valence-electron chi connectivity index (χ3n) is 4.58. The van der Waals surface area contributed by atoms with Crippen molar-refractivity contribution >= 4 is 40.0 Å². The van der Waals surface area contributed by atoms with Crippen LogP contribution in [0.15, 0.2) is 29.3 Å². The standard InChI is InChI=1S/C18H30N4O2S.HI/c1-15-7-9-17(10-8-15)14-22(3)18(19-2)20-11-12-25(23,24)21-13-16-5-4-6-16;/h7-10,16,21H,4-6,11-14H2,1-3H3,(H,19,20);1H. The Labute approximate surface area is 174 Å². The predicted molar refractivity (Wildman–Crippen MR) is 119 cm³/mol. The molecule has 1 fully saturated rings. The largest absolute Gasteiger partial charge is 0.355 e. The number of sulfonamides is 1. The summed E-state index contributed by atoms with van der Waals surface area (Å²) < 4.78 is 26.8. The maximum Gasteiger partial charge on any atom is 0.213 e. The monoisotopic (exact) mass is 494 g/mol. The summed E-state index contributed by atoms with van der Waals surface area (Å²) >= 11 is 0. The van der Waals surface area contributed by atoms with E-state index in [9.17, 15) is 8.42 Å². The van der Waals surface area contributed by atoms with Gasteiger partial charge in [-0.3, -0.25) is 4.99 Å². The Morgan fingerprint density at radius 1 is 1.27 bits per heavy atom. The number of aryl methyl sites for hydroxylation is 1. The second kappa shape index (κ2) is 11.1. The van der Waals surface area contributed by atoms with Gasteiger partial charge >= 0.3 is 0 Å². The number of hydrogen-bond donors (Lipinski definition) is 2. The van der Waals surface area contributed by atoms with Crippen LogP contribution >= 0.6 is 24.0 Å². The first-order chi connectivity index (χ1) is 11.9. The van der Waals surface area contributed by atoms with Crippen molar-refractivity contribution < 1.29 is 8.42 Å². The summed E-state index contributed by atoms with van der Waals surface area (Å²) in [5, 5.41) is 3.13. The van der Waals surface area contributed by atoms with E-state index in [4.69, 9.17) is 0 Å². The highest BCUT2D eigenvalue weighted by Crippen LogP contribution is 2.25. The molecule has 1 aromatic rings. The van der Waals surface area contributed by atoms with Crippen LogP contribution in [0.25, 0.3) is 0 Å². The molecule has 0 radical (unpaired) electrons. The van der Waals surface area contributed by atoms with E-state index in [0.717, 1.165) is 12.8 Å². The molecule has 2 N–H and O–H groups in total. The Morgan fingerprint density at radius 3 is 2.46 bits per heavy atom. The lowest BCUT2D eigenvalue weighted by Gasteiger charge is -2.25. The Bertz CT molecular complexity index is 673. The average Bonchev–Trinajstić information content (AvgIpc) is 2.52. The minimum Gasteiger partial charge on any atom is -0.355 e. The van der Waals surface area contributed by atoms with Crippen LogP contribution in [0.1, 0.15) is 30.4 Å². The zero-order chi connectivity index (χ0) is 18.3. The van der Waals surface area contributed by atoms with Crippen LogP contribution in [0.3, 0.4) is 0 Å². The van der Waals surface area contributed by atoms with Gasteiger partial charge in [0.1, 0.15) is 0 Å². The highest BCUT2D eigenvalue weighted by atomic mass is 127. The van der Waals surface area contributed by atoms with Gasteiger partial charge in [-0.2, -0.15) is 0 Å². The van der Waals surface area contributed by atoms with Crippen LogP contribution in [-0.4, -0.2) is 52.2 Å². The zero-order valence-corrected chi connectivity index (χ0v) is 19.0. The molecular weight excluding hydrogens is 463 g/mol. The van der Waals surface area contributed by atoms with Gasteiger partial charge in [-0.25, -0.2) is 13.1 Å². The van der Waals surface area contributed by atoms with E-state index < -0.39 is 10.0 Å². The molecular formula is C18H31IN4O2S. The number of halogens is 1. The lowest BCUT2D eigenvalue weighted by molar-refractivity contribution is 0.316. The van der Waals surface area contributed by atoms with Gasteiger partial charge in [0.05, 0.1) is 5.75 Å². The minimum absolute atomic E-state index is 0. The molecule has 1 aliphatic carbocycles. The number of rotatable bonds is 8. The number of aliphatic imine (C=N–C) groups is 1. The van der Waals surface area contributed by atoms with E-state index >= 15 is 0 Å². The number of guanidine groups is 1. The summed E-state index contributed by atoms with van der Waals surface area (Å²) in [5.41, 5.74) is 2.42. The summed E-state index contributed by atoms with van der Waals surface area (Å²) in [6, 6.07) is 8.35. The molecule has 0 saturated heterocycles. The van der Waals surface area contributed by atoms with Crippen LogP contribution in [-0.2, 0) is 16.6 Å². The van der Waals surface area contributed by atoms with Gasteiger partial charge in [0.25, 0.3) is 0 Å². The molecule has 0 atom stereocenters. The van der Waals surface area contributed by atoms with Crippen LogP contribution < -0.4 is 10.0 Å². The highest BCUT2D eigenvalue weighted by Gasteiger charge is 2.20. The fraction of sp³-hybridized carbons (Fsp3) is 0.611. The van der Waals surface area contributed by atoms with E-state index in [1.807, 2.05) is 11.9 Å². The molecule has 0 aromatic heterocycles. The van der Waals surface area contributed by atoms with E-state index in [0.29, 0.717) is 31.5 Å². The third kappa shape index (κ3) is 7.79. The molecule has 148 valence electrons. The fourth-order valence-corrected chi connectivity index (χ4v) is 3.74. The Morgan fingerprint density at radius 2 is 1.92 bits per heavy atom. The SMILES string of the molecule is CN=C(NCCS(=O)(=O)NCC1CCC1)N(C)Cc1ccc(C)cc1.I. The predicted octanol–water partition coefficient (Wildman–Crippen LogP) is 2.34. The lowest BCUT2D eigenvalue weighted by atomic mass is 9.86. The van der Waals surface area contributed by atoms with Crippen molar-refractivity contribution in [3.05, 3.63) is 35.4 Å². The molecule has 8 heteroatoms. The molecule has 0 spiro atoms. The second-order valence-corrected chi connectivity index (χ2v) is 8.71. The van der Waals surface area contributed by atoms with Crippen LogP contribution in [0.2, 0.25) is 0 Å². The van der Waals surface area contributed by atoms with Crippen molar-refractivity contribution in [2.75, 3.05) is 32.9 Å². The number of benzene rings is 1. The Balaban J connectivity index is 0.00000338. The third-order valence-corrected chi connectivity index (χ3v) is 5.93. The first-order valence-corrected chi connectivity index (χ1v) is 10.5. The normalized spacial score (nSPS) is 15.1. The van der Waals surface area contributed by atoms with Gasteiger partial charge in [-0.1, -0.05) is 36.2 Å². The van der Waals surface area contributed by atoms with Crippen molar-refractivity contribution in [1.29, 1.82) is 0 Å². The first kappa shape index (κ1) is 23.2. The summed E-state index contributed by atoms with van der Waals surface area (Å²) in [7, 11) is 0.417. The fourth-order valence-electron chi connectivity index (χ4n) is 2.74. The van der Waals surface area contributed by atoms with E-state index in [1.54, 1.807) is 7.05 Å². The molecule has 26 heavy (non-hydrogen) atoms.